The molecule has 0 saturated carbocycles. The van der Waals surface area contributed by atoms with Crippen molar-refractivity contribution in [2.75, 3.05) is 7.11 Å². The smallest absolute Gasteiger partial charge is 0.351 e. The molecular weight excluding hydrogens is 297 g/mol. The van der Waals surface area contributed by atoms with Crippen LogP contribution >= 0.6 is 34.7 Å². The Hall–Kier alpha value is -1.11. The van der Waals surface area contributed by atoms with Crippen molar-refractivity contribution in [1.82, 2.24) is 4.98 Å². The summed E-state index contributed by atoms with van der Waals surface area (Å²) in [6, 6.07) is 6.10. The first-order chi connectivity index (χ1) is 8.60. The molecule has 94 valence electrons. The van der Waals surface area contributed by atoms with Gasteiger partial charge in [-0.05, 0) is 18.2 Å². The van der Waals surface area contributed by atoms with Crippen LogP contribution in [0.4, 0.5) is 4.39 Å². The second kappa shape index (κ2) is 5.69. The number of methoxy groups -OCH3 is 1. The van der Waals surface area contributed by atoms with Crippen molar-refractivity contribution < 1.29 is 13.9 Å². The van der Waals surface area contributed by atoms with Gasteiger partial charge in [-0.2, -0.15) is 0 Å². The number of thiazole rings is 1. The highest BCUT2D eigenvalue weighted by Gasteiger charge is 2.17. The van der Waals surface area contributed by atoms with Gasteiger partial charge in [-0.25, -0.2) is 14.2 Å². The molecule has 0 atom stereocenters. The van der Waals surface area contributed by atoms with E-state index in [0.29, 0.717) is 9.24 Å². The molecule has 18 heavy (non-hydrogen) atoms. The third kappa shape index (κ3) is 3.01. The molecule has 0 unspecified atom stereocenters. The number of ether oxygens (including phenoxy) is 1. The summed E-state index contributed by atoms with van der Waals surface area (Å²) in [6.07, 6.45) is 0. The fraction of sp³-hybridized carbons (Fsp3) is 0.0909. The lowest BCUT2D eigenvalue weighted by molar-refractivity contribution is 0.0606. The Kier molecular flexibility index (Phi) is 4.21. The van der Waals surface area contributed by atoms with Crippen LogP contribution < -0.4 is 0 Å². The van der Waals surface area contributed by atoms with E-state index in [1.54, 1.807) is 12.1 Å². The summed E-state index contributed by atoms with van der Waals surface area (Å²) in [6.45, 7) is 0. The van der Waals surface area contributed by atoms with Crippen molar-refractivity contribution in [1.29, 1.82) is 0 Å². The molecule has 0 N–H and O–H groups in total. The first kappa shape index (κ1) is 13.3. The molecule has 1 aromatic heterocycles. The molecule has 0 saturated heterocycles. The molecule has 7 heteroatoms. The quantitative estimate of drug-likeness (QED) is 0.807. The van der Waals surface area contributed by atoms with Crippen molar-refractivity contribution in [3.63, 3.8) is 0 Å². The summed E-state index contributed by atoms with van der Waals surface area (Å²) in [7, 11) is 1.28. The lowest BCUT2D eigenvalue weighted by Gasteiger charge is -1.96. The fourth-order valence-electron chi connectivity index (χ4n) is 1.18. The topological polar surface area (TPSA) is 39.2 Å². The first-order valence-electron chi connectivity index (χ1n) is 4.78. The zero-order valence-electron chi connectivity index (χ0n) is 9.15. The summed E-state index contributed by atoms with van der Waals surface area (Å²) >= 11 is 8.18. The largest absolute Gasteiger partial charge is 0.465 e. The van der Waals surface area contributed by atoms with Gasteiger partial charge in [0, 0.05) is 4.90 Å². The Labute approximate surface area is 116 Å². The maximum absolute atomic E-state index is 13.0. The van der Waals surface area contributed by atoms with Crippen LogP contribution in [-0.2, 0) is 4.74 Å². The predicted octanol–water partition coefficient (Wildman–Crippen LogP) is 3.87. The first-order valence-corrected chi connectivity index (χ1v) is 6.79. The lowest BCUT2D eigenvalue weighted by atomic mass is 10.4. The molecule has 0 aliphatic carbocycles. The van der Waals surface area contributed by atoms with Gasteiger partial charge in [0.25, 0.3) is 0 Å². The average Bonchev–Trinajstić information content (AvgIpc) is 2.69. The molecule has 0 aliphatic rings. The van der Waals surface area contributed by atoms with Crippen LogP contribution in [0.2, 0.25) is 5.15 Å². The van der Waals surface area contributed by atoms with E-state index < -0.39 is 5.97 Å². The molecule has 2 rings (SSSR count). The average molecular weight is 304 g/mol. The van der Waals surface area contributed by atoms with E-state index in [4.69, 9.17) is 11.6 Å². The molecule has 1 aromatic carbocycles. The Balaban J connectivity index is 2.23. The van der Waals surface area contributed by atoms with Gasteiger partial charge < -0.3 is 4.74 Å². The highest BCUT2D eigenvalue weighted by atomic mass is 35.5. The van der Waals surface area contributed by atoms with Gasteiger partial charge in [0.05, 0.1) is 7.11 Å². The Morgan fingerprint density at radius 2 is 2.33 bits per heavy atom. The Bertz CT molecular complexity index is 588. The normalized spacial score (nSPS) is 10.4. The molecule has 0 aliphatic heterocycles. The van der Waals surface area contributed by atoms with E-state index in [1.165, 1.54) is 31.0 Å². The van der Waals surface area contributed by atoms with Crippen molar-refractivity contribution >= 4 is 40.7 Å². The van der Waals surface area contributed by atoms with Gasteiger partial charge in [0.15, 0.2) is 14.4 Å². The van der Waals surface area contributed by atoms with E-state index >= 15 is 0 Å². The summed E-state index contributed by atoms with van der Waals surface area (Å²) in [5, 5.41) is 0.103. The number of halogens is 2. The number of nitrogens with zero attached hydrogens (tertiary/aromatic N) is 1. The highest BCUT2D eigenvalue weighted by Crippen LogP contribution is 2.35. The molecule has 0 amide bonds. The van der Waals surface area contributed by atoms with Gasteiger partial charge in [-0.3, -0.25) is 0 Å². The zero-order valence-corrected chi connectivity index (χ0v) is 11.5. The van der Waals surface area contributed by atoms with Gasteiger partial charge >= 0.3 is 5.97 Å². The molecule has 3 nitrogen and oxygen atoms in total. The van der Waals surface area contributed by atoms with Crippen LogP contribution in [0, 0.1) is 5.82 Å². The predicted molar refractivity (Wildman–Crippen MR) is 69.0 cm³/mol. The summed E-state index contributed by atoms with van der Waals surface area (Å²) in [5.41, 5.74) is 0. The molecule has 0 bridgehead atoms. The Morgan fingerprint density at radius 1 is 1.56 bits per heavy atom. The van der Waals surface area contributed by atoms with Gasteiger partial charge in [-0.15, -0.1) is 0 Å². The van der Waals surface area contributed by atoms with E-state index in [-0.39, 0.29) is 15.8 Å². The number of carbonyl (C=O) groups excluding carboxylic acids is 1. The monoisotopic (exact) mass is 303 g/mol. The van der Waals surface area contributed by atoms with Crippen molar-refractivity contribution in [3.8, 4) is 0 Å². The number of benzene rings is 1. The number of carbonyl (C=O) groups is 1. The van der Waals surface area contributed by atoms with E-state index in [0.717, 1.165) is 11.3 Å². The highest BCUT2D eigenvalue weighted by molar-refractivity contribution is 8.01. The van der Waals surface area contributed by atoms with Crippen LogP contribution in [0.3, 0.4) is 0 Å². The number of aromatic nitrogens is 1. The van der Waals surface area contributed by atoms with Crippen molar-refractivity contribution in [2.45, 2.75) is 9.24 Å². The standard InChI is InChI=1S/C11H7ClFNO2S2/c1-16-10(15)8-9(12)14-11(18-8)17-7-4-2-3-6(13)5-7/h2-5H,1H3. The van der Waals surface area contributed by atoms with E-state index in [1.807, 2.05) is 0 Å². The second-order valence-corrected chi connectivity index (χ2v) is 5.83. The third-order valence-electron chi connectivity index (χ3n) is 1.94. The maximum Gasteiger partial charge on any atom is 0.351 e. The van der Waals surface area contributed by atoms with E-state index in [9.17, 15) is 9.18 Å². The SMILES string of the molecule is COC(=O)c1sc(Sc2cccc(F)c2)nc1Cl. The molecule has 1 heterocycles. The number of esters is 1. The van der Waals surface area contributed by atoms with Crippen LogP contribution in [0.15, 0.2) is 33.5 Å². The molecule has 0 spiro atoms. The van der Waals surface area contributed by atoms with Crippen molar-refractivity contribution in [3.05, 3.63) is 40.1 Å². The lowest BCUT2D eigenvalue weighted by Crippen LogP contribution is -1.98. The van der Waals surface area contributed by atoms with Crippen LogP contribution in [0.5, 0.6) is 0 Å². The Morgan fingerprint density at radius 3 is 3.00 bits per heavy atom. The van der Waals surface area contributed by atoms with Crippen molar-refractivity contribution in [2.24, 2.45) is 0 Å². The number of hydrogen-bond donors (Lipinski definition) is 0. The van der Waals surface area contributed by atoms with Gasteiger partial charge in [0.1, 0.15) is 5.82 Å². The maximum atomic E-state index is 13.0. The minimum atomic E-state index is -0.524. The van der Waals surface area contributed by atoms with Crippen LogP contribution in [0.25, 0.3) is 0 Å². The van der Waals surface area contributed by atoms with Gasteiger partial charge in [0.2, 0.25) is 0 Å². The summed E-state index contributed by atoms with van der Waals surface area (Å²) < 4.78 is 18.1. The molecule has 0 radical (unpaired) electrons. The second-order valence-electron chi connectivity index (χ2n) is 3.15. The number of rotatable bonds is 3. The molecule has 2 aromatic rings. The third-order valence-corrected chi connectivity index (χ3v) is 4.41. The summed E-state index contributed by atoms with van der Waals surface area (Å²) in [4.78, 5) is 16.3. The number of hydrogen-bond acceptors (Lipinski definition) is 5. The summed E-state index contributed by atoms with van der Waals surface area (Å²) in [5.74, 6) is -0.848. The van der Waals surface area contributed by atoms with Crippen LogP contribution in [-0.4, -0.2) is 18.1 Å². The van der Waals surface area contributed by atoms with Crippen LogP contribution in [0.1, 0.15) is 9.67 Å². The molecular formula is C11H7ClFNO2S2. The van der Waals surface area contributed by atoms with E-state index in [2.05, 4.69) is 9.72 Å². The minimum absolute atomic E-state index is 0.103. The van der Waals surface area contributed by atoms with Gasteiger partial charge in [-0.1, -0.05) is 40.8 Å². The molecule has 0 fully saturated rings. The minimum Gasteiger partial charge on any atom is -0.465 e. The fourth-order valence-corrected chi connectivity index (χ4v) is 3.52. The zero-order chi connectivity index (χ0) is 13.1.